The molecular weight excluding hydrogens is 531 g/mol. The Kier molecular flexibility index (Phi) is 9.10. The molecule has 0 aromatic heterocycles. The molecule has 0 aliphatic carbocycles. The van der Waals surface area contributed by atoms with Gasteiger partial charge in [0.15, 0.2) is 0 Å². The van der Waals surface area contributed by atoms with Crippen molar-refractivity contribution in [3.63, 3.8) is 0 Å². The number of benzene rings is 2. The SMILES string of the molecule is CC1Cc2ccc(I(C)CCN)c(c2)-c2cc(ccc2OCCN)C(C)C(=O)NCC(=O)N1. The van der Waals surface area contributed by atoms with Crippen LogP contribution in [0, 0.1) is 3.57 Å². The van der Waals surface area contributed by atoms with Crippen LogP contribution in [0.4, 0.5) is 0 Å². The van der Waals surface area contributed by atoms with Crippen molar-refractivity contribution >= 4 is 31.6 Å². The molecule has 4 bridgehead atoms. The number of rotatable bonds is 6. The Morgan fingerprint density at radius 1 is 1.06 bits per heavy atom. The third kappa shape index (κ3) is 6.45. The molecule has 180 valence electrons. The summed E-state index contributed by atoms with van der Waals surface area (Å²) in [5.41, 5.74) is 15.8. The van der Waals surface area contributed by atoms with Crippen LogP contribution in [0.3, 0.4) is 0 Å². The second kappa shape index (κ2) is 11.8. The number of amides is 2. The number of hydrogen-bond donors (Lipinski definition) is 4. The Morgan fingerprint density at radius 2 is 1.85 bits per heavy atom. The van der Waals surface area contributed by atoms with Crippen molar-refractivity contribution in [1.82, 2.24) is 10.6 Å². The van der Waals surface area contributed by atoms with Crippen molar-refractivity contribution in [2.75, 3.05) is 35.6 Å². The van der Waals surface area contributed by atoms with Crippen LogP contribution in [0.2, 0.25) is 0 Å². The van der Waals surface area contributed by atoms with Crippen molar-refractivity contribution in [3.8, 4) is 16.9 Å². The molecule has 7 nitrogen and oxygen atoms in total. The fraction of sp³-hybridized carbons (Fsp3) is 0.440. The first kappa shape index (κ1) is 25.5. The topological polar surface area (TPSA) is 119 Å². The van der Waals surface area contributed by atoms with E-state index in [9.17, 15) is 9.59 Å². The van der Waals surface area contributed by atoms with Crippen LogP contribution in [-0.4, -0.2) is 53.5 Å². The maximum atomic E-state index is 12.8. The minimum atomic E-state index is -1.50. The number of carbonyl (C=O) groups excluding carboxylic acids is 2. The molecule has 2 aromatic rings. The molecule has 1 aliphatic heterocycles. The van der Waals surface area contributed by atoms with E-state index >= 15 is 0 Å². The van der Waals surface area contributed by atoms with E-state index in [1.54, 1.807) is 0 Å². The monoisotopic (exact) mass is 566 g/mol. The van der Waals surface area contributed by atoms with Crippen LogP contribution in [0.1, 0.15) is 30.9 Å². The second-order valence-corrected chi connectivity index (χ2v) is 14.0. The van der Waals surface area contributed by atoms with E-state index in [0.29, 0.717) is 26.1 Å². The van der Waals surface area contributed by atoms with E-state index in [-0.39, 0.29) is 24.4 Å². The number of nitrogens with one attached hydrogen (secondary N) is 2. The zero-order chi connectivity index (χ0) is 24.0. The van der Waals surface area contributed by atoms with Crippen LogP contribution >= 0.6 is 19.8 Å². The van der Waals surface area contributed by atoms with E-state index in [1.807, 2.05) is 26.0 Å². The van der Waals surface area contributed by atoms with E-state index < -0.39 is 25.7 Å². The summed E-state index contributed by atoms with van der Waals surface area (Å²) in [6.45, 7) is 5.29. The summed E-state index contributed by atoms with van der Waals surface area (Å²) in [5, 5.41) is 5.75. The molecule has 2 atom stereocenters. The first-order valence-electron chi connectivity index (χ1n) is 11.3. The molecule has 1 aliphatic rings. The molecule has 0 radical (unpaired) electrons. The Bertz CT molecular complexity index is 998. The van der Waals surface area contributed by atoms with Gasteiger partial charge in [-0.25, -0.2) is 0 Å². The van der Waals surface area contributed by atoms with Gasteiger partial charge in [-0.1, -0.05) is 0 Å². The van der Waals surface area contributed by atoms with Gasteiger partial charge < -0.3 is 0 Å². The molecular formula is C25H35IN4O3. The summed E-state index contributed by atoms with van der Waals surface area (Å²) in [6.07, 6.45) is 0.691. The number of carbonyl (C=O) groups is 2. The summed E-state index contributed by atoms with van der Waals surface area (Å²) >= 11 is -1.50. The van der Waals surface area contributed by atoms with Gasteiger partial charge in [0.05, 0.1) is 0 Å². The number of hydrogen-bond acceptors (Lipinski definition) is 5. The van der Waals surface area contributed by atoms with E-state index in [4.69, 9.17) is 16.2 Å². The number of fused-ring (bicyclic) bond motifs is 5. The van der Waals surface area contributed by atoms with Gasteiger partial charge in [-0.3, -0.25) is 0 Å². The van der Waals surface area contributed by atoms with Gasteiger partial charge in [0, 0.05) is 0 Å². The van der Waals surface area contributed by atoms with Gasteiger partial charge in [0.25, 0.3) is 0 Å². The van der Waals surface area contributed by atoms with Crippen LogP contribution in [0.15, 0.2) is 36.4 Å². The Hall–Kier alpha value is -2.17. The summed E-state index contributed by atoms with van der Waals surface area (Å²) in [5.74, 6) is -0.0151. The molecule has 2 amide bonds. The average molecular weight is 566 g/mol. The molecule has 8 heteroatoms. The van der Waals surface area contributed by atoms with Crippen LogP contribution in [0.5, 0.6) is 5.75 Å². The zero-order valence-corrected chi connectivity index (χ0v) is 21.8. The van der Waals surface area contributed by atoms with Gasteiger partial charge in [0.1, 0.15) is 0 Å². The van der Waals surface area contributed by atoms with Crippen molar-refractivity contribution < 1.29 is 14.3 Å². The Labute approximate surface area is 203 Å². The number of nitrogens with two attached hydrogens (primary N) is 2. The van der Waals surface area contributed by atoms with Gasteiger partial charge in [-0.05, 0) is 0 Å². The van der Waals surface area contributed by atoms with Crippen molar-refractivity contribution in [2.45, 2.75) is 32.2 Å². The van der Waals surface area contributed by atoms with Gasteiger partial charge >= 0.3 is 204 Å². The zero-order valence-electron chi connectivity index (χ0n) is 19.6. The molecule has 6 N–H and O–H groups in total. The first-order valence-corrected chi connectivity index (χ1v) is 16.0. The average Bonchev–Trinajstić information content (AvgIpc) is 2.80. The predicted molar refractivity (Wildman–Crippen MR) is 142 cm³/mol. The Morgan fingerprint density at radius 3 is 2.58 bits per heavy atom. The van der Waals surface area contributed by atoms with Crippen LogP contribution in [-0.2, 0) is 16.0 Å². The quantitative estimate of drug-likeness (QED) is 0.316. The van der Waals surface area contributed by atoms with Crippen molar-refractivity contribution in [1.29, 1.82) is 0 Å². The fourth-order valence-corrected chi connectivity index (χ4v) is 7.72. The molecule has 0 saturated carbocycles. The van der Waals surface area contributed by atoms with Gasteiger partial charge in [-0.2, -0.15) is 0 Å². The molecule has 1 heterocycles. The standard InChI is InChI=1S/C25H35IN4O3/c1-16-12-18-4-6-22(26(3)8-9-27)20(13-18)21-14-19(5-7-23(21)33-11-10-28)17(2)25(32)29-15-24(31)30-16/h4-7,13-14,16-17H,8-12,15,27-28H2,1-3H3,(H,29,32)(H,30,31). The predicted octanol–water partition coefficient (Wildman–Crippen LogP) is 2.24. The summed E-state index contributed by atoms with van der Waals surface area (Å²) in [4.78, 5) is 27.4. The molecule has 33 heavy (non-hydrogen) atoms. The maximum absolute atomic E-state index is 12.8. The summed E-state index contributed by atoms with van der Waals surface area (Å²) < 4.78 is 8.39. The third-order valence-electron chi connectivity index (χ3n) is 5.71. The normalized spacial score (nSPS) is 19.2. The molecule has 0 spiro atoms. The molecule has 0 saturated heterocycles. The number of alkyl halides is 2. The summed E-state index contributed by atoms with van der Waals surface area (Å²) in [6, 6.07) is 12.4. The van der Waals surface area contributed by atoms with Gasteiger partial charge in [0.2, 0.25) is 0 Å². The second-order valence-electron chi connectivity index (χ2n) is 8.39. The minimum absolute atomic E-state index is 0.0365. The first-order chi connectivity index (χ1) is 15.8. The van der Waals surface area contributed by atoms with E-state index in [1.165, 1.54) is 3.57 Å². The van der Waals surface area contributed by atoms with Crippen molar-refractivity contribution in [3.05, 3.63) is 51.1 Å². The van der Waals surface area contributed by atoms with Crippen LogP contribution < -0.4 is 26.8 Å². The van der Waals surface area contributed by atoms with Gasteiger partial charge in [-0.15, -0.1) is 0 Å². The number of halogens is 1. The third-order valence-corrected chi connectivity index (χ3v) is 10.9. The molecule has 0 fully saturated rings. The molecule has 3 rings (SSSR count). The van der Waals surface area contributed by atoms with E-state index in [0.717, 1.165) is 32.4 Å². The summed E-state index contributed by atoms with van der Waals surface area (Å²) in [7, 11) is 0. The Balaban J connectivity index is 2.21. The van der Waals surface area contributed by atoms with E-state index in [2.05, 4.69) is 39.8 Å². The molecule has 2 aromatic carbocycles. The van der Waals surface area contributed by atoms with Crippen molar-refractivity contribution in [2.24, 2.45) is 11.5 Å². The number of ether oxygens (including phenoxy) is 1. The molecule has 2 unspecified atom stereocenters. The van der Waals surface area contributed by atoms with Crippen LogP contribution in [0.25, 0.3) is 11.1 Å². The fourth-order valence-electron chi connectivity index (χ4n) is 3.98.